The Kier molecular flexibility index (Phi) is 4.78. The first-order valence-corrected chi connectivity index (χ1v) is 3.59. The van der Waals surface area contributed by atoms with Gasteiger partial charge in [-0.2, -0.15) is 0 Å². The van der Waals surface area contributed by atoms with Crippen molar-refractivity contribution in [2.24, 2.45) is 16.5 Å². The van der Waals surface area contributed by atoms with E-state index < -0.39 is 12.0 Å². The summed E-state index contributed by atoms with van der Waals surface area (Å²) in [5, 5.41) is 11.6. The van der Waals surface area contributed by atoms with Crippen LogP contribution in [0.3, 0.4) is 0 Å². The van der Waals surface area contributed by atoms with Gasteiger partial charge in [-0.15, -0.1) is 0 Å². The van der Waals surface area contributed by atoms with Crippen molar-refractivity contribution in [1.82, 2.24) is 5.32 Å². The minimum atomic E-state index is -1.26. The van der Waals surface area contributed by atoms with Crippen LogP contribution >= 0.6 is 0 Å². The molecule has 0 rings (SSSR count). The number of carbonyl (C=O) groups is 1. The summed E-state index contributed by atoms with van der Waals surface area (Å²) in [6.07, 6.45) is -1.26. The average Bonchev–Trinajstić information content (AvgIpc) is 2.00. The first kappa shape index (κ1) is 10.7. The molecule has 0 aromatic heterocycles. The number of amides is 1. The minimum absolute atomic E-state index is 0.103. The van der Waals surface area contributed by atoms with Crippen LogP contribution in [-0.2, 0) is 4.79 Å². The van der Waals surface area contributed by atoms with Crippen LogP contribution in [0.1, 0.15) is 6.92 Å². The predicted octanol–water partition coefficient (Wildman–Crippen LogP) is -2.24. The monoisotopic (exact) mass is 174 g/mol. The molecule has 0 aliphatic heterocycles. The van der Waals surface area contributed by atoms with Gasteiger partial charge in [-0.05, 0) is 6.92 Å². The molecule has 0 aromatic carbocycles. The molecule has 6 N–H and O–H groups in total. The number of carbonyl (C=O) groups excluding carboxylic acids is 1. The molecule has 0 heterocycles. The van der Waals surface area contributed by atoms with Gasteiger partial charge in [-0.1, -0.05) is 0 Å². The van der Waals surface area contributed by atoms with Crippen molar-refractivity contribution in [1.29, 1.82) is 0 Å². The average molecular weight is 174 g/mol. The van der Waals surface area contributed by atoms with Crippen LogP contribution < -0.4 is 16.8 Å². The molecule has 0 aliphatic rings. The van der Waals surface area contributed by atoms with Gasteiger partial charge in [0.2, 0.25) is 5.91 Å². The number of nitrogens with zero attached hydrogens (tertiary/aromatic N) is 1. The molecule has 1 atom stereocenters. The molecule has 0 aliphatic carbocycles. The maximum atomic E-state index is 10.3. The van der Waals surface area contributed by atoms with E-state index >= 15 is 0 Å². The molecule has 6 nitrogen and oxygen atoms in total. The Labute approximate surface area is 70.6 Å². The van der Waals surface area contributed by atoms with Crippen molar-refractivity contribution in [2.45, 2.75) is 13.0 Å². The van der Waals surface area contributed by atoms with Crippen molar-refractivity contribution in [3.63, 3.8) is 0 Å². The van der Waals surface area contributed by atoms with E-state index in [0.29, 0.717) is 6.54 Å². The zero-order chi connectivity index (χ0) is 9.56. The van der Waals surface area contributed by atoms with E-state index in [1.165, 1.54) is 0 Å². The number of hydrogen-bond donors (Lipinski definition) is 4. The largest absolute Gasteiger partial charge is 0.381 e. The number of hydrogen-bond acceptors (Lipinski definition) is 3. The number of nitrogens with one attached hydrogen (secondary N) is 1. The Bertz CT molecular complexity index is 180. The predicted molar refractivity (Wildman–Crippen MR) is 45.4 cm³/mol. The highest BCUT2D eigenvalue weighted by Gasteiger charge is 2.08. The van der Waals surface area contributed by atoms with Gasteiger partial charge in [-0.25, -0.2) is 0 Å². The lowest BCUT2D eigenvalue weighted by Gasteiger charge is -2.04. The molecule has 1 unspecified atom stereocenters. The summed E-state index contributed by atoms with van der Waals surface area (Å²) in [6.45, 7) is 2.39. The lowest BCUT2D eigenvalue weighted by molar-refractivity contribution is -0.125. The normalized spacial score (nSPS) is 14.0. The van der Waals surface area contributed by atoms with Crippen molar-refractivity contribution in [3.8, 4) is 0 Å². The third-order valence-corrected chi connectivity index (χ3v) is 1.12. The Morgan fingerprint density at radius 1 is 1.67 bits per heavy atom. The Morgan fingerprint density at radius 3 is 2.67 bits per heavy atom. The number of rotatable bonds is 4. The van der Waals surface area contributed by atoms with Crippen LogP contribution in [0.5, 0.6) is 0 Å². The summed E-state index contributed by atoms with van der Waals surface area (Å²) in [6, 6.07) is 0. The maximum absolute atomic E-state index is 10.3. The highest BCUT2D eigenvalue weighted by Crippen LogP contribution is 1.81. The number of aliphatic hydroxyl groups is 1. The zero-order valence-corrected chi connectivity index (χ0v) is 6.95. The lowest BCUT2D eigenvalue weighted by atomic mass is 10.3. The van der Waals surface area contributed by atoms with Crippen LogP contribution in [0.25, 0.3) is 0 Å². The van der Waals surface area contributed by atoms with E-state index in [2.05, 4.69) is 10.3 Å². The van der Waals surface area contributed by atoms with Crippen molar-refractivity contribution >= 4 is 11.9 Å². The molecular weight excluding hydrogens is 160 g/mol. The van der Waals surface area contributed by atoms with E-state index in [0.717, 1.165) is 0 Å². The number of aliphatic imine (C=N–C) groups is 1. The summed E-state index contributed by atoms with van der Waals surface area (Å²) in [7, 11) is 0. The first-order chi connectivity index (χ1) is 5.57. The minimum Gasteiger partial charge on any atom is -0.381 e. The SMILES string of the molecule is CCNC(N)=NCC(O)C(N)=O. The van der Waals surface area contributed by atoms with Gasteiger partial charge >= 0.3 is 0 Å². The van der Waals surface area contributed by atoms with Crippen LogP contribution in [0.15, 0.2) is 4.99 Å². The fourth-order valence-electron chi connectivity index (χ4n) is 0.512. The van der Waals surface area contributed by atoms with E-state index in [9.17, 15) is 4.79 Å². The van der Waals surface area contributed by atoms with Gasteiger partial charge in [0.15, 0.2) is 12.1 Å². The molecule has 0 aromatic rings. The van der Waals surface area contributed by atoms with E-state index in [-0.39, 0.29) is 12.5 Å². The Morgan fingerprint density at radius 2 is 2.25 bits per heavy atom. The van der Waals surface area contributed by atoms with Crippen molar-refractivity contribution in [2.75, 3.05) is 13.1 Å². The van der Waals surface area contributed by atoms with E-state index in [1.54, 1.807) is 0 Å². The van der Waals surface area contributed by atoms with Gasteiger partial charge < -0.3 is 21.9 Å². The highest BCUT2D eigenvalue weighted by atomic mass is 16.3. The second-order valence-electron chi connectivity index (χ2n) is 2.17. The zero-order valence-electron chi connectivity index (χ0n) is 6.95. The molecule has 0 radical (unpaired) electrons. The second kappa shape index (κ2) is 5.36. The fourth-order valence-corrected chi connectivity index (χ4v) is 0.512. The number of aliphatic hydroxyl groups excluding tert-OH is 1. The maximum Gasteiger partial charge on any atom is 0.248 e. The number of primary amides is 1. The van der Waals surface area contributed by atoms with Gasteiger partial charge in [0.1, 0.15) is 0 Å². The fraction of sp³-hybridized carbons (Fsp3) is 0.667. The number of guanidine groups is 1. The van der Waals surface area contributed by atoms with Gasteiger partial charge in [0.05, 0.1) is 6.54 Å². The van der Waals surface area contributed by atoms with Gasteiger partial charge in [-0.3, -0.25) is 9.79 Å². The third-order valence-electron chi connectivity index (χ3n) is 1.12. The molecule has 1 amide bonds. The van der Waals surface area contributed by atoms with Crippen LogP contribution in [0.2, 0.25) is 0 Å². The summed E-state index contributed by atoms with van der Waals surface area (Å²) in [5.41, 5.74) is 10.1. The molecule has 0 bridgehead atoms. The Hall–Kier alpha value is -1.30. The molecular formula is C6H14N4O2. The molecule has 6 heteroatoms. The summed E-state index contributed by atoms with van der Waals surface area (Å²) < 4.78 is 0. The molecule has 0 spiro atoms. The quantitative estimate of drug-likeness (QED) is 0.285. The molecule has 0 fully saturated rings. The van der Waals surface area contributed by atoms with Crippen LogP contribution in [-0.4, -0.2) is 36.2 Å². The first-order valence-electron chi connectivity index (χ1n) is 3.59. The molecule has 12 heavy (non-hydrogen) atoms. The lowest BCUT2D eigenvalue weighted by Crippen LogP contribution is -2.35. The van der Waals surface area contributed by atoms with E-state index in [1.807, 2.05) is 6.92 Å². The van der Waals surface area contributed by atoms with Crippen molar-refractivity contribution < 1.29 is 9.90 Å². The third kappa shape index (κ3) is 4.51. The summed E-state index contributed by atoms with van der Waals surface area (Å²) in [4.78, 5) is 14.0. The smallest absolute Gasteiger partial charge is 0.248 e. The van der Waals surface area contributed by atoms with Gasteiger partial charge in [0.25, 0.3) is 0 Å². The standard InChI is InChI=1S/C6H14N4O2/c1-2-9-6(8)10-3-4(11)5(7)12/h4,11H,2-3H2,1H3,(H2,7,12)(H3,8,9,10). The topological polar surface area (TPSA) is 114 Å². The highest BCUT2D eigenvalue weighted by molar-refractivity contribution is 5.80. The second-order valence-corrected chi connectivity index (χ2v) is 2.17. The summed E-state index contributed by atoms with van der Waals surface area (Å²) in [5.74, 6) is -0.610. The number of nitrogens with two attached hydrogens (primary N) is 2. The molecule has 70 valence electrons. The molecule has 0 saturated heterocycles. The van der Waals surface area contributed by atoms with Crippen molar-refractivity contribution in [3.05, 3.63) is 0 Å². The van der Waals surface area contributed by atoms with E-state index in [4.69, 9.17) is 16.6 Å². The van der Waals surface area contributed by atoms with Crippen LogP contribution in [0, 0.1) is 0 Å². The molecule has 0 saturated carbocycles. The Balaban J connectivity index is 3.78. The summed E-state index contributed by atoms with van der Waals surface area (Å²) >= 11 is 0. The van der Waals surface area contributed by atoms with Crippen LogP contribution in [0.4, 0.5) is 0 Å². The van der Waals surface area contributed by atoms with Gasteiger partial charge in [0, 0.05) is 6.54 Å².